The average molecular weight is 363 g/mol. The van der Waals surface area contributed by atoms with Crippen LogP contribution >= 0.6 is 0 Å². The van der Waals surface area contributed by atoms with E-state index in [-0.39, 0.29) is 0 Å². The first-order valence-corrected chi connectivity index (χ1v) is 9.40. The van der Waals surface area contributed by atoms with Gasteiger partial charge in [0.05, 0.1) is 19.8 Å². The molecule has 1 aromatic heterocycles. The predicted octanol–water partition coefficient (Wildman–Crippen LogP) is 2.45. The molecule has 3 aromatic rings. The van der Waals surface area contributed by atoms with Gasteiger partial charge in [0.1, 0.15) is 12.7 Å². The van der Waals surface area contributed by atoms with E-state index in [9.17, 15) is 0 Å². The quantitative estimate of drug-likeness (QED) is 0.699. The van der Waals surface area contributed by atoms with Crippen LogP contribution in [0.5, 0.6) is 0 Å². The molecule has 2 heterocycles. The Balaban J connectivity index is 1.32. The van der Waals surface area contributed by atoms with Crippen molar-refractivity contribution in [2.75, 3.05) is 31.2 Å². The summed E-state index contributed by atoms with van der Waals surface area (Å²) in [5.41, 5.74) is 5.12. The van der Waals surface area contributed by atoms with Crippen molar-refractivity contribution in [2.24, 2.45) is 0 Å². The van der Waals surface area contributed by atoms with E-state index in [4.69, 9.17) is 4.74 Å². The standard InChI is InChI=1S/C21H25N5O/c1-2-4-20(15-26-17-23-16-24-26)19(3-1)14-22-13-18-5-7-21(8-6-18)25-9-11-27-12-10-25/h1-8,16-17,22H,9-15H2. The molecule has 1 N–H and O–H groups in total. The number of hydrogen-bond acceptors (Lipinski definition) is 5. The normalized spacial score (nSPS) is 14.4. The van der Waals surface area contributed by atoms with Crippen molar-refractivity contribution in [3.8, 4) is 0 Å². The zero-order chi connectivity index (χ0) is 18.3. The van der Waals surface area contributed by atoms with E-state index in [1.165, 1.54) is 22.4 Å². The van der Waals surface area contributed by atoms with E-state index >= 15 is 0 Å². The Kier molecular flexibility index (Phi) is 5.76. The molecule has 4 rings (SSSR count). The van der Waals surface area contributed by atoms with Gasteiger partial charge in [-0.3, -0.25) is 0 Å². The SMILES string of the molecule is c1ccc(Cn2cncn2)c(CNCc2ccc(N3CCOCC3)cc2)c1. The molecule has 1 aliphatic rings. The fraction of sp³-hybridized carbons (Fsp3) is 0.333. The van der Waals surface area contributed by atoms with Crippen molar-refractivity contribution in [2.45, 2.75) is 19.6 Å². The number of hydrogen-bond donors (Lipinski definition) is 1. The third-order valence-electron chi connectivity index (χ3n) is 4.87. The van der Waals surface area contributed by atoms with Gasteiger partial charge < -0.3 is 15.0 Å². The lowest BCUT2D eigenvalue weighted by Crippen LogP contribution is -2.36. The maximum Gasteiger partial charge on any atom is 0.137 e. The van der Waals surface area contributed by atoms with Crippen molar-refractivity contribution in [1.29, 1.82) is 0 Å². The average Bonchev–Trinajstić information content (AvgIpc) is 3.24. The number of nitrogens with one attached hydrogen (secondary N) is 1. The molecular weight excluding hydrogens is 338 g/mol. The topological polar surface area (TPSA) is 55.2 Å². The number of nitrogens with zero attached hydrogens (tertiary/aromatic N) is 4. The third-order valence-corrected chi connectivity index (χ3v) is 4.87. The van der Waals surface area contributed by atoms with Gasteiger partial charge in [0.2, 0.25) is 0 Å². The Morgan fingerprint density at radius 3 is 2.44 bits per heavy atom. The molecule has 2 aromatic carbocycles. The van der Waals surface area contributed by atoms with Crippen molar-refractivity contribution in [3.05, 3.63) is 77.9 Å². The molecule has 140 valence electrons. The highest BCUT2D eigenvalue weighted by molar-refractivity contribution is 5.47. The van der Waals surface area contributed by atoms with Crippen LogP contribution in [0.15, 0.2) is 61.2 Å². The minimum absolute atomic E-state index is 0.742. The number of anilines is 1. The number of rotatable bonds is 7. The second-order valence-corrected chi connectivity index (χ2v) is 6.73. The lowest BCUT2D eigenvalue weighted by Gasteiger charge is -2.28. The Hall–Kier alpha value is -2.70. The summed E-state index contributed by atoms with van der Waals surface area (Å²) >= 11 is 0. The van der Waals surface area contributed by atoms with Crippen LogP contribution in [0.1, 0.15) is 16.7 Å². The van der Waals surface area contributed by atoms with Crippen LogP contribution in [-0.4, -0.2) is 41.1 Å². The molecule has 6 heteroatoms. The molecule has 0 atom stereocenters. The number of aromatic nitrogens is 3. The van der Waals surface area contributed by atoms with E-state index in [1.54, 1.807) is 12.7 Å². The smallest absolute Gasteiger partial charge is 0.137 e. The molecule has 0 bridgehead atoms. The summed E-state index contributed by atoms with van der Waals surface area (Å²) in [7, 11) is 0. The van der Waals surface area contributed by atoms with E-state index in [2.05, 4.69) is 68.8 Å². The lowest BCUT2D eigenvalue weighted by atomic mass is 10.1. The molecule has 0 radical (unpaired) electrons. The van der Waals surface area contributed by atoms with Gasteiger partial charge in [-0.25, -0.2) is 9.67 Å². The molecule has 1 saturated heterocycles. The first-order valence-electron chi connectivity index (χ1n) is 9.40. The summed E-state index contributed by atoms with van der Waals surface area (Å²) in [6.45, 7) is 6.00. The van der Waals surface area contributed by atoms with Gasteiger partial charge in [-0.2, -0.15) is 5.10 Å². The van der Waals surface area contributed by atoms with Crippen LogP contribution in [0, 0.1) is 0 Å². The molecule has 1 aliphatic heterocycles. The second-order valence-electron chi connectivity index (χ2n) is 6.73. The van der Waals surface area contributed by atoms with E-state index in [1.807, 2.05) is 4.68 Å². The van der Waals surface area contributed by atoms with Crippen molar-refractivity contribution in [1.82, 2.24) is 20.1 Å². The predicted molar refractivity (Wildman–Crippen MR) is 106 cm³/mol. The van der Waals surface area contributed by atoms with Gasteiger partial charge in [-0.1, -0.05) is 36.4 Å². The Bertz CT molecular complexity index is 826. The van der Waals surface area contributed by atoms with Gasteiger partial charge in [0.15, 0.2) is 0 Å². The van der Waals surface area contributed by atoms with Crippen LogP contribution in [0.3, 0.4) is 0 Å². The summed E-state index contributed by atoms with van der Waals surface area (Å²) in [5.74, 6) is 0. The van der Waals surface area contributed by atoms with Gasteiger partial charge in [0.25, 0.3) is 0 Å². The van der Waals surface area contributed by atoms with Crippen LogP contribution in [-0.2, 0) is 24.4 Å². The fourth-order valence-electron chi connectivity index (χ4n) is 3.36. The maximum absolute atomic E-state index is 5.42. The fourth-order valence-corrected chi connectivity index (χ4v) is 3.36. The van der Waals surface area contributed by atoms with Crippen molar-refractivity contribution < 1.29 is 4.74 Å². The van der Waals surface area contributed by atoms with Crippen LogP contribution in [0.2, 0.25) is 0 Å². The lowest BCUT2D eigenvalue weighted by molar-refractivity contribution is 0.122. The van der Waals surface area contributed by atoms with Crippen LogP contribution in [0.4, 0.5) is 5.69 Å². The van der Waals surface area contributed by atoms with Crippen molar-refractivity contribution in [3.63, 3.8) is 0 Å². The number of benzene rings is 2. The Morgan fingerprint density at radius 1 is 0.926 bits per heavy atom. The zero-order valence-corrected chi connectivity index (χ0v) is 15.4. The number of ether oxygens (including phenoxy) is 1. The summed E-state index contributed by atoms with van der Waals surface area (Å²) in [5, 5.41) is 7.76. The molecule has 27 heavy (non-hydrogen) atoms. The Morgan fingerprint density at radius 2 is 1.70 bits per heavy atom. The molecule has 0 aliphatic carbocycles. The van der Waals surface area contributed by atoms with E-state index < -0.39 is 0 Å². The summed E-state index contributed by atoms with van der Waals surface area (Å²) in [6.07, 6.45) is 3.32. The third kappa shape index (κ3) is 4.72. The molecule has 1 fully saturated rings. The van der Waals surface area contributed by atoms with Crippen LogP contribution < -0.4 is 10.2 Å². The summed E-state index contributed by atoms with van der Waals surface area (Å²) < 4.78 is 7.27. The van der Waals surface area contributed by atoms with Gasteiger partial charge >= 0.3 is 0 Å². The second kappa shape index (κ2) is 8.79. The summed E-state index contributed by atoms with van der Waals surface area (Å²) in [4.78, 5) is 6.39. The monoisotopic (exact) mass is 363 g/mol. The number of morpholine rings is 1. The van der Waals surface area contributed by atoms with E-state index in [0.29, 0.717) is 0 Å². The highest BCUT2D eigenvalue weighted by atomic mass is 16.5. The molecular formula is C21H25N5O. The first-order chi connectivity index (χ1) is 13.4. The van der Waals surface area contributed by atoms with Gasteiger partial charge in [-0.15, -0.1) is 0 Å². The Labute approximate surface area is 159 Å². The minimum atomic E-state index is 0.742. The van der Waals surface area contributed by atoms with Gasteiger partial charge in [0, 0.05) is 31.9 Å². The molecule has 0 amide bonds. The minimum Gasteiger partial charge on any atom is -0.378 e. The molecule has 0 spiro atoms. The molecule has 0 unspecified atom stereocenters. The maximum atomic E-state index is 5.42. The molecule has 0 saturated carbocycles. The molecule has 6 nitrogen and oxygen atoms in total. The highest BCUT2D eigenvalue weighted by Gasteiger charge is 2.10. The zero-order valence-electron chi connectivity index (χ0n) is 15.4. The van der Waals surface area contributed by atoms with Crippen molar-refractivity contribution >= 4 is 5.69 Å². The van der Waals surface area contributed by atoms with E-state index in [0.717, 1.165) is 45.9 Å². The summed E-state index contributed by atoms with van der Waals surface area (Å²) in [6, 6.07) is 17.3. The van der Waals surface area contributed by atoms with Gasteiger partial charge in [-0.05, 0) is 28.8 Å². The first kappa shape index (κ1) is 17.7. The highest BCUT2D eigenvalue weighted by Crippen LogP contribution is 2.17. The van der Waals surface area contributed by atoms with Crippen LogP contribution in [0.25, 0.3) is 0 Å². The largest absolute Gasteiger partial charge is 0.378 e.